The van der Waals surface area contributed by atoms with Gasteiger partial charge in [0.2, 0.25) is 17.7 Å². The van der Waals surface area contributed by atoms with Crippen LogP contribution >= 0.6 is 0 Å². The first-order valence-corrected chi connectivity index (χ1v) is 8.80. The van der Waals surface area contributed by atoms with Crippen molar-refractivity contribution in [3.8, 4) is 0 Å². The third-order valence-electron chi connectivity index (χ3n) is 5.33. The van der Waals surface area contributed by atoms with E-state index in [4.69, 9.17) is 5.73 Å². The number of likely N-dealkylation sites (tertiary alicyclic amines) is 2. The summed E-state index contributed by atoms with van der Waals surface area (Å²) in [5.41, 5.74) is 5.34. The predicted octanol–water partition coefficient (Wildman–Crippen LogP) is 0.995. The maximum absolute atomic E-state index is 12.7. The van der Waals surface area contributed by atoms with Crippen LogP contribution in [0.3, 0.4) is 0 Å². The van der Waals surface area contributed by atoms with Gasteiger partial charge in [0.1, 0.15) is 0 Å². The van der Waals surface area contributed by atoms with Crippen LogP contribution in [0.15, 0.2) is 0 Å². The Morgan fingerprint density at radius 1 is 1.04 bits per heavy atom. The van der Waals surface area contributed by atoms with Crippen LogP contribution in [0.5, 0.6) is 0 Å². The molecule has 2 saturated heterocycles. The molecule has 0 aromatic carbocycles. The van der Waals surface area contributed by atoms with Gasteiger partial charge in [-0.25, -0.2) is 0 Å². The van der Waals surface area contributed by atoms with Gasteiger partial charge in [-0.3, -0.25) is 14.4 Å². The lowest BCUT2D eigenvalue weighted by Crippen LogP contribution is -2.50. The fourth-order valence-electron chi connectivity index (χ4n) is 3.51. The standard InChI is InChI=1S/C17H29N3O3/c1-3-12(2)16(22)20-8-4-5-14(11-20)17(23)19-9-6-13(7-10-19)15(18)21/h12-14H,3-11H2,1-2H3,(H2,18,21). The van der Waals surface area contributed by atoms with Crippen LogP contribution in [-0.4, -0.2) is 53.7 Å². The monoisotopic (exact) mass is 323 g/mol. The number of carbonyl (C=O) groups is 3. The molecule has 0 spiro atoms. The van der Waals surface area contributed by atoms with Gasteiger partial charge in [0.15, 0.2) is 0 Å². The van der Waals surface area contributed by atoms with E-state index in [2.05, 4.69) is 0 Å². The third-order valence-corrected chi connectivity index (χ3v) is 5.33. The Hall–Kier alpha value is -1.59. The Kier molecular flexibility index (Phi) is 6.02. The largest absolute Gasteiger partial charge is 0.369 e. The number of piperidine rings is 2. The highest BCUT2D eigenvalue weighted by atomic mass is 16.2. The number of amides is 3. The summed E-state index contributed by atoms with van der Waals surface area (Å²) in [5, 5.41) is 0. The first kappa shape index (κ1) is 17.8. The smallest absolute Gasteiger partial charge is 0.227 e. The van der Waals surface area contributed by atoms with Crippen LogP contribution < -0.4 is 5.73 Å². The Balaban J connectivity index is 1.90. The van der Waals surface area contributed by atoms with Crippen molar-refractivity contribution in [2.75, 3.05) is 26.2 Å². The molecule has 0 aliphatic carbocycles. The van der Waals surface area contributed by atoms with Crippen LogP contribution in [0.25, 0.3) is 0 Å². The highest BCUT2D eigenvalue weighted by Gasteiger charge is 2.34. The van der Waals surface area contributed by atoms with Crippen molar-refractivity contribution in [3.05, 3.63) is 0 Å². The van der Waals surface area contributed by atoms with E-state index in [1.54, 1.807) is 0 Å². The Morgan fingerprint density at radius 3 is 2.26 bits per heavy atom. The maximum atomic E-state index is 12.7. The zero-order valence-corrected chi connectivity index (χ0v) is 14.3. The van der Waals surface area contributed by atoms with Crippen molar-refractivity contribution in [2.45, 2.75) is 46.0 Å². The fraction of sp³-hybridized carbons (Fsp3) is 0.824. The molecule has 2 aliphatic rings. The second kappa shape index (κ2) is 7.79. The van der Waals surface area contributed by atoms with E-state index in [9.17, 15) is 14.4 Å². The Morgan fingerprint density at radius 2 is 1.70 bits per heavy atom. The quantitative estimate of drug-likeness (QED) is 0.837. The first-order valence-electron chi connectivity index (χ1n) is 8.80. The molecule has 0 aromatic rings. The highest BCUT2D eigenvalue weighted by Crippen LogP contribution is 2.24. The summed E-state index contributed by atoms with van der Waals surface area (Å²) in [7, 11) is 0. The molecule has 2 fully saturated rings. The van der Waals surface area contributed by atoms with Gasteiger partial charge in [0, 0.05) is 38.0 Å². The van der Waals surface area contributed by atoms with Crippen molar-refractivity contribution in [1.29, 1.82) is 0 Å². The lowest BCUT2D eigenvalue weighted by molar-refractivity contribution is -0.144. The van der Waals surface area contributed by atoms with Crippen molar-refractivity contribution in [1.82, 2.24) is 9.80 Å². The van der Waals surface area contributed by atoms with Crippen LogP contribution in [0.4, 0.5) is 0 Å². The van der Waals surface area contributed by atoms with Gasteiger partial charge in [0.05, 0.1) is 5.92 Å². The van der Waals surface area contributed by atoms with Gasteiger partial charge in [0.25, 0.3) is 0 Å². The van der Waals surface area contributed by atoms with Gasteiger partial charge in [-0.05, 0) is 32.1 Å². The molecule has 0 radical (unpaired) electrons. The van der Waals surface area contributed by atoms with E-state index in [-0.39, 0.29) is 35.5 Å². The lowest BCUT2D eigenvalue weighted by atomic mass is 9.92. The van der Waals surface area contributed by atoms with Gasteiger partial charge in [-0.15, -0.1) is 0 Å². The Labute approximate surface area is 138 Å². The van der Waals surface area contributed by atoms with E-state index in [0.29, 0.717) is 32.5 Å². The average Bonchev–Trinajstić information content (AvgIpc) is 2.59. The average molecular weight is 323 g/mol. The predicted molar refractivity (Wildman–Crippen MR) is 87.3 cm³/mol. The summed E-state index contributed by atoms with van der Waals surface area (Å²) in [4.78, 5) is 40.0. The van der Waals surface area contributed by atoms with E-state index in [0.717, 1.165) is 25.8 Å². The Bertz CT molecular complexity index is 458. The molecule has 6 heteroatoms. The third kappa shape index (κ3) is 4.24. The highest BCUT2D eigenvalue weighted by molar-refractivity contribution is 5.83. The minimum Gasteiger partial charge on any atom is -0.369 e. The van der Waals surface area contributed by atoms with Crippen molar-refractivity contribution >= 4 is 17.7 Å². The fourth-order valence-corrected chi connectivity index (χ4v) is 3.51. The zero-order valence-electron chi connectivity index (χ0n) is 14.3. The van der Waals surface area contributed by atoms with E-state index in [1.807, 2.05) is 23.6 Å². The molecular weight excluding hydrogens is 294 g/mol. The number of rotatable bonds is 4. The van der Waals surface area contributed by atoms with E-state index >= 15 is 0 Å². The molecule has 2 atom stereocenters. The number of nitrogens with two attached hydrogens (primary N) is 1. The number of primary amides is 1. The molecule has 2 N–H and O–H groups in total. The molecule has 23 heavy (non-hydrogen) atoms. The molecule has 0 aromatic heterocycles. The van der Waals surface area contributed by atoms with Crippen LogP contribution in [0.2, 0.25) is 0 Å². The first-order chi connectivity index (χ1) is 10.9. The minimum absolute atomic E-state index is 0.0233. The molecule has 2 rings (SSSR count). The SMILES string of the molecule is CCC(C)C(=O)N1CCCC(C(=O)N2CCC(C(N)=O)CC2)C1. The topological polar surface area (TPSA) is 83.7 Å². The second-order valence-electron chi connectivity index (χ2n) is 6.93. The number of carbonyl (C=O) groups excluding carboxylic acids is 3. The summed E-state index contributed by atoms with van der Waals surface area (Å²) in [5.74, 6) is -0.141. The number of hydrogen-bond donors (Lipinski definition) is 1. The lowest BCUT2D eigenvalue weighted by Gasteiger charge is -2.38. The second-order valence-corrected chi connectivity index (χ2v) is 6.93. The van der Waals surface area contributed by atoms with Crippen molar-refractivity contribution < 1.29 is 14.4 Å². The van der Waals surface area contributed by atoms with E-state index in [1.165, 1.54) is 0 Å². The summed E-state index contributed by atoms with van der Waals surface area (Å²) < 4.78 is 0. The molecule has 130 valence electrons. The number of hydrogen-bond acceptors (Lipinski definition) is 3. The summed E-state index contributed by atoms with van der Waals surface area (Å²) in [6, 6.07) is 0. The molecule has 0 bridgehead atoms. The minimum atomic E-state index is -0.264. The van der Waals surface area contributed by atoms with Crippen LogP contribution in [-0.2, 0) is 14.4 Å². The van der Waals surface area contributed by atoms with Gasteiger partial charge in [-0.1, -0.05) is 13.8 Å². The van der Waals surface area contributed by atoms with Gasteiger partial charge >= 0.3 is 0 Å². The molecular formula is C17H29N3O3. The summed E-state index contributed by atoms with van der Waals surface area (Å²) in [6.07, 6.45) is 3.87. The van der Waals surface area contributed by atoms with E-state index < -0.39 is 0 Å². The molecule has 6 nitrogen and oxygen atoms in total. The van der Waals surface area contributed by atoms with Gasteiger partial charge < -0.3 is 15.5 Å². The van der Waals surface area contributed by atoms with Crippen LogP contribution in [0, 0.1) is 17.8 Å². The summed E-state index contributed by atoms with van der Waals surface area (Å²) in [6.45, 7) is 6.46. The van der Waals surface area contributed by atoms with Crippen LogP contribution in [0.1, 0.15) is 46.0 Å². The van der Waals surface area contributed by atoms with Crippen molar-refractivity contribution in [2.24, 2.45) is 23.5 Å². The molecule has 2 heterocycles. The summed E-state index contributed by atoms with van der Waals surface area (Å²) >= 11 is 0. The number of nitrogens with zero attached hydrogens (tertiary/aromatic N) is 2. The normalized spacial score (nSPS) is 24.3. The van der Waals surface area contributed by atoms with Crippen molar-refractivity contribution in [3.63, 3.8) is 0 Å². The zero-order chi connectivity index (χ0) is 17.0. The molecule has 2 aliphatic heterocycles. The molecule has 2 unspecified atom stereocenters. The maximum Gasteiger partial charge on any atom is 0.227 e. The molecule has 3 amide bonds. The van der Waals surface area contributed by atoms with Gasteiger partial charge in [-0.2, -0.15) is 0 Å². The molecule has 0 saturated carbocycles.